The molecule has 5 heterocycles. The molecule has 2 bridgehead atoms. The number of piperidine rings is 1. The molecule has 0 amide bonds. The number of nitrogens with zero attached hydrogens (tertiary/aromatic N) is 4. The van der Waals surface area contributed by atoms with Crippen molar-refractivity contribution < 1.29 is 0 Å². The monoisotopic (exact) mass is 297 g/mol. The molecule has 5 nitrogen and oxygen atoms in total. The first-order valence-electron chi connectivity index (χ1n) is 8.19. The summed E-state index contributed by atoms with van der Waals surface area (Å²) in [6, 6.07) is 4.88. The zero-order valence-electron chi connectivity index (χ0n) is 12.9. The number of nitrogens with one attached hydrogen (secondary N) is 1. The molecule has 3 fully saturated rings. The van der Waals surface area contributed by atoms with Gasteiger partial charge in [-0.1, -0.05) is 6.07 Å². The van der Waals surface area contributed by atoms with Crippen LogP contribution in [0.2, 0.25) is 0 Å². The molecule has 22 heavy (non-hydrogen) atoms. The lowest BCUT2D eigenvalue weighted by Gasteiger charge is -2.35. The maximum Gasteiger partial charge on any atom is 0.0922 e. The van der Waals surface area contributed by atoms with Crippen molar-refractivity contribution >= 4 is 0 Å². The Morgan fingerprint density at radius 2 is 2.09 bits per heavy atom. The Labute approximate surface area is 131 Å². The van der Waals surface area contributed by atoms with Gasteiger partial charge in [-0.3, -0.25) is 14.8 Å². The summed E-state index contributed by atoms with van der Waals surface area (Å²) < 4.78 is 0. The van der Waals surface area contributed by atoms with Gasteiger partial charge in [0.2, 0.25) is 0 Å². The van der Waals surface area contributed by atoms with Crippen molar-refractivity contribution in [2.45, 2.75) is 32.0 Å². The highest BCUT2D eigenvalue weighted by Gasteiger charge is 2.34. The SMILES string of the molecule is c1cncc(CN2C[C@H]3CC[C@@H](C2)N(Cc2cnc[nH]2)C3)c1. The molecule has 0 saturated carbocycles. The molecule has 0 unspecified atom stereocenters. The number of hydrogen-bond donors (Lipinski definition) is 1. The highest BCUT2D eigenvalue weighted by atomic mass is 15.3. The zero-order chi connectivity index (χ0) is 14.8. The van der Waals surface area contributed by atoms with E-state index in [1.54, 1.807) is 6.33 Å². The van der Waals surface area contributed by atoms with E-state index in [1.165, 1.54) is 43.7 Å². The Morgan fingerprint density at radius 3 is 2.91 bits per heavy atom. The molecule has 0 radical (unpaired) electrons. The van der Waals surface area contributed by atoms with Gasteiger partial charge in [-0.25, -0.2) is 4.98 Å². The van der Waals surface area contributed by atoms with Crippen LogP contribution in [0.15, 0.2) is 37.1 Å². The molecule has 1 N–H and O–H groups in total. The predicted molar refractivity (Wildman–Crippen MR) is 85.0 cm³/mol. The van der Waals surface area contributed by atoms with E-state index < -0.39 is 0 Å². The number of pyridine rings is 1. The van der Waals surface area contributed by atoms with Crippen molar-refractivity contribution in [1.82, 2.24) is 24.8 Å². The first-order valence-corrected chi connectivity index (χ1v) is 8.19. The van der Waals surface area contributed by atoms with Gasteiger partial charge < -0.3 is 4.98 Å². The Kier molecular flexibility index (Phi) is 3.91. The summed E-state index contributed by atoms with van der Waals surface area (Å²) in [5.41, 5.74) is 2.55. The third kappa shape index (κ3) is 3.05. The second-order valence-electron chi connectivity index (χ2n) is 6.66. The lowest BCUT2D eigenvalue weighted by Crippen LogP contribution is -2.43. The fourth-order valence-corrected chi connectivity index (χ4v) is 3.94. The summed E-state index contributed by atoms with van der Waals surface area (Å²) >= 11 is 0. The van der Waals surface area contributed by atoms with Crippen LogP contribution in [0, 0.1) is 5.92 Å². The Hall–Kier alpha value is -1.72. The third-order valence-corrected chi connectivity index (χ3v) is 4.96. The molecule has 116 valence electrons. The highest BCUT2D eigenvalue weighted by Crippen LogP contribution is 2.29. The summed E-state index contributed by atoms with van der Waals surface area (Å²) in [7, 11) is 0. The minimum absolute atomic E-state index is 0.665. The second kappa shape index (κ2) is 6.18. The van der Waals surface area contributed by atoms with E-state index in [-0.39, 0.29) is 0 Å². The number of fused-ring (bicyclic) bond motifs is 4. The molecule has 0 spiro atoms. The van der Waals surface area contributed by atoms with Crippen LogP contribution in [0.25, 0.3) is 0 Å². The summed E-state index contributed by atoms with van der Waals surface area (Å²) in [6.07, 6.45) is 10.3. The van der Waals surface area contributed by atoms with E-state index in [1.807, 2.05) is 24.7 Å². The maximum atomic E-state index is 4.24. The van der Waals surface area contributed by atoms with Gasteiger partial charge in [-0.05, 0) is 30.4 Å². The minimum Gasteiger partial charge on any atom is -0.347 e. The molecular formula is C17H23N5. The quantitative estimate of drug-likeness (QED) is 0.936. The van der Waals surface area contributed by atoms with Gasteiger partial charge in [0.15, 0.2) is 0 Å². The average molecular weight is 297 g/mol. The van der Waals surface area contributed by atoms with Crippen LogP contribution in [0.4, 0.5) is 0 Å². The number of imidazole rings is 1. The van der Waals surface area contributed by atoms with Crippen molar-refractivity contribution in [2.24, 2.45) is 5.92 Å². The van der Waals surface area contributed by atoms with Crippen molar-refractivity contribution in [3.63, 3.8) is 0 Å². The van der Waals surface area contributed by atoms with E-state index in [2.05, 4.69) is 30.8 Å². The highest BCUT2D eigenvalue weighted by molar-refractivity contribution is 5.09. The van der Waals surface area contributed by atoms with Crippen molar-refractivity contribution in [2.75, 3.05) is 19.6 Å². The molecule has 2 aromatic rings. The number of aromatic nitrogens is 3. The van der Waals surface area contributed by atoms with Gasteiger partial charge in [0.25, 0.3) is 0 Å². The molecule has 3 aliphatic heterocycles. The smallest absolute Gasteiger partial charge is 0.0922 e. The van der Waals surface area contributed by atoms with Crippen LogP contribution in [-0.4, -0.2) is 50.4 Å². The van der Waals surface area contributed by atoms with Gasteiger partial charge >= 0.3 is 0 Å². The number of H-pyrrole nitrogens is 1. The van der Waals surface area contributed by atoms with Crippen molar-refractivity contribution in [3.8, 4) is 0 Å². The summed E-state index contributed by atoms with van der Waals surface area (Å²) in [6.45, 7) is 5.62. The summed E-state index contributed by atoms with van der Waals surface area (Å²) in [5, 5.41) is 0. The van der Waals surface area contributed by atoms with Gasteiger partial charge in [-0.15, -0.1) is 0 Å². The van der Waals surface area contributed by atoms with E-state index in [0.29, 0.717) is 6.04 Å². The molecule has 0 aromatic carbocycles. The molecule has 2 aromatic heterocycles. The van der Waals surface area contributed by atoms with Gasteiger partial charge in [-0.2, -0.15) is 0 Å². The van der Waals surface area contributed by atoms with Crippen LogP contribution in [-0.2, 0) is 13.1 Å². The fraction of sp³-hybridized carbons (Fsp3) is 0.529. The fourth-order valence-electron chi connectivity index (χ4n) is 3.94. The number of aromatic amines is 1. The van der Waals surface area contributed by atoms with E-state index in [0.717, 1.165) is 19.0 Å². The van der Waals surface area contributed by atoms with Gasteiger partial charge in [0.1, 0.15) is 0 Å². The topological polar surface area (TPSA) is 48.1 Å². The van der Waals surface area contributed by atoms with Gasteiger partial charge in [0, 0.05) is 63.1 Å². The Balaban J connectivity index is 1.44. The van der Waals surface area contributed by atoms with Gasteiger partial charge in [0.05, 0.1) is 6.33 Å². The average Bonchev–Trinajstić information content (AvgIpc) is 2.89. The second-order valence-corrected chi connectivity index (χ2v) is 6.66. The molecule has 3 aliphatic rings. The van der Waals surface area contributed by atoms with E-state index in [9.17, 15) is 0 Å². The van der Waals surface area contributed by atoms with Crippen molar-refractivity contribution in [3.05, 3.63) is 48.3 Å². The van der Waals surface area contributed by atoms with E-state index >= 15 is 0 Å². The Bertz CT molecular complexity index is 582. The summed E-state index contributed by atoms with van der Waals surface area (Å²) in [5.74, 6) is 0.790. The minimum atomic E-state index is 0.665. The number of hydrogen-bond acceptors (Lipinski definition) is 4. The van der Waals surface area contributed by atoms with Crippen LogP contribution in [0.1, 0.15) is 24.1 Å². The molecule has 5 rings (SSSR count). The van der Waals surface area contributed by atoms with Crippen LogP contribution in [0.3, 0.4) is 0 Å². The van der Waals surface area contributed by atoms with Crippen LogP contribution >= 0.6 is 0 Å². The predicted octanol–water partition coefficient (Wildman–Crippen LogP) is 1.90. The molecule has 3 saturated heterocycles. The third-order valence-electron chi connectivity index (χ3n) is 4.96. The first kappa shape index (κ1) is 13.9. The first-order chi connectivity index (χ1) is 10.9. The van der Waals surface area contributed by atoms with Crippen molar-refractivity contribution in [1.29, 1.82) is 0 Å². The zero-order valence-corrected chi connectivity index (χ0v) is 12.9. The lowest BCUT2D eigenvalue weighted by molar-refractivity contribution is 0.122. The van der Waals surface area contributed by atoms with Crippen LogP contribution < -0.4 is 0 Å². The molecule has 2 atom stereocenters. The summed E-state index contributed by atoms with van der Waals surface area (Å²) in [4.78, 5) is 16.9. The molecule has 5 heteroatoms. The standard InChI is InChI=1S/C17H23N5/c1-2-14(6-18-5-1)8-21-9-15-3-4-17(12-21)22(10-15)11-16-7-19-13-20-16/h1-2,5-7,13,15,17H,3-4,8-12H2,(H,19,20)/t15-,17+/m1/s1. The normalized spacial score (nSPS) is 26.2. The maximum absolute atomic E-state index is 4.24. The number of rotatable bonds is 4. The Morgan fingerprint density at radius 1 is 1.09 bits per heavy atom. The molecular weight excluding hydrogens is 274 g/mol. The molecule has 0 aliphatic carbocycles. The van der Waals surface area contributed by atoms with E-state index in [4.69, 9.17) is 0 Å². The lowest BCUT2D eigenvalue weighted by atomic mass is 9.95. The van der Waals surface area contributed by atoms with Crippen LogP contribution in [0.5, 0.6) is 0 Å². The largest absolute Gasteiger partial charge is 0.347 e.